The molecule has 34 heavy (non-hydrogen) atoms. The van der Waals surface area contributed by atoms with Crippen LogP contribution in [0.15, 0.2) is 42.5 Å². The summed E-state index contributed by atoms with van der Waals surface area (Å²) in [5.74, 6) is -1.90. The third-order valence-electron chi connectivity index (χ3n) is 5.81. The molecule has 0 spiro atoms. The Morgan fingerprint density at radius 1 is 1.15 bits per heavy atom. The molecule has 3 N–H and O–H groups in total. The Labute approximate surface area is 197 Å². The molecule has 0 aliphatic heterocycles. The van der Waals surface area contributed by atoms with Crippen LogP contribution < -0.4 is 10.1 Å². The first-order valence-electron chi connectivity index (χ1n) is 11.1. The minimum Gasteiger partial charge on any atom is -0.497 e. The molecule has 1 aliphatic rings. The van der Waals surface area contributed by atoms with Gasteiger partial charge in [-0.2, -0.15) is 0 Å². The van der Waals surface area contributed by atoms with Crippen molar-refractivity contribution in [2.24, 2.45) is 0 Å². The Balaban J connectivity index is 1.83. The van der Waals surface area contributed by atoms with Crippen LogP contribution in [-0.2, 0) is 27.5 Å². The number of amides is 1. The molecule has 2 aromatic rings. The van der Waals surface area contributed by atoms with Gasteiger partial charge >= 0.3 is 0 Å². The monoisotopic (exact) mass is 479 g/mol. The van der Waals surface area contributed by atoms with Crippen molar-refractivity contribution in [3.8, 4) is 5.75 Å². The summed E-state index contributed by atoms with van der Waals surface area (Å²) in [6.45, 7) is 3.28. The van der Waals surface area contributed by atoms with Crippen molar-refractivity contribution >= 4 is 5.91 Å². The number of aliphatic hydroxyl groups is 2. The third kappa shape index (κ3) is 6.09. The molecule has 0 radical (unpaired) electrons. The SMILES string of the molecule is COc1cccc(CO[C@@]2(C(=O)NC(C)C)C[C@@H](O)[C@@H](O)[C@H](OCc3cccc(F)c3F)C2)c1. The van der Waals surface area contributed by atoms with E-state index in [1.165, 1.54) is 12.1 Å². The van der Waals surface area contributed by atoms with Gasteiger partial charge in [0.2, 0.25) is 0 Å². The molecule has 0 heterocycles. The molecule has 186 valence electrons. The number of rotatable bonds is 9. The lowest BCUT2D eigenvalue weighted by atomic mass is 9.78. The molecule has 7 nitrogen and oxygen atoms in total. The number of nitrogens with one attached hydrogen (secondary N) is 1. The van der Waals surface area contributed by atoms with Gasteiger partial charge in [-0.1, -0.05) is 24.3 Å². The van der Waals surface area contributed by atoms with Gasteiger partial charge in [-0.3, -0.25) is 4.79 Å². The molecule has 4 atom stereocenters. The van der Waals surface area contributed by atoms with Crippen molar-refractivity contribution in [1.82, 2.24) is 5.32 Å². The Bertz CT molecular complexity index is 988. The number of benzene rings is 2. The highest BCUT2D eigenvalue weighted by atomic mass is 19.2. The first-order valence-corrected chi connectivity index (χ1v) is 11.1. The first kappa shape index (κ1) is 26.0. The fourth-order valence-corrected chi connectivity index (χ4v) is 4.00. The maximum absolute atomic E-state index is 14.1. The molecule has 0 saturated heterocycles. The molecule has 2 aromatic carbocycles. The zero-order chi connectivity index (χ0) is 24.9. The number of carbonyl (C=O) groups is 1. The van der Waals surface area contributed by atoms with Crippen LogP contribution in [0.3, 0.4) is 0 Å². The normalized spacial score (nSPS) is 24.8. The van der Waals surface area contributed by atoms with Crippen LogP contribution in [0.1, 0.15) is 37.8 Å². The van der Waals surface area contributed by atoms with Crippen LogP contribution in [0.25, 0.3) is 0 Å². The predicted molar refractivity (Wildman–Crippen MR) is 120 cm³/mol. The van der Waals surface area contributed by atoms with E-state index < -0.39 is 41.5 Å². The zero-order valence-corrected chi connectivity index (χ0v) is 19.5. The van der Waals surface area contributed by atoms with E-state index in [1.807, 2.05) is 6.07 Å². The van der Waals surface area contributed by atoms with Crippen molar-refractivity contribution in [3.05, 3.63) is 65.2 Å². The Hall–Kier alpha value is -2.59. The highest BCUT2D eigenvalue weighted by molar-refractivity contribution is 5.85. The highest BCUT2D eigenvalue weighted by Crippen LogP contribution is 2.36. The van der Waals surface area contributed by atoms with Crippen LogP contribution in [-0.4, -0.2) is 53.2 Å². The quantitative estimate of drug-likeness (QED) is 0.512. The molecule has 1 amide bonds. The molecular formula is C25H31F2NO6. The zero-order valence-electron chi connectivity index (χ0n) is 19.5. The lowest BCUT2D eigenvalue weighted by Gasteiger charge is -2.44. The second-order valence-corrected chi connectivity index (χ2v) is 8.79. The van der Waals surface area contributed by atoms with Crippen LogP contribution in [0, 0.1) is 11.6 Å². The average molecular weight is 480 g/mol. The molecule has 1 saturated carbocycles. The van der Waals surface area contributed by atoms with E-state index in [2.05, 4.69) is 5.32 Å². The number of methoxy groups -OCH3 is 1. The van der Waals surface area contributed by atoms with Gasteiger partial charge in [-0.05, 0) is 37.6 Å². The molecule has 1 aliphatic carbocycles. The topological polar surface area (TPSA) is 97.3 Å². The first-order chi connectivity index (χ1) is 16.1. The van der Waals surface area contributed by atoms with Gasteiger partial charge in [0.1, 0.15) is 11.9 Å². The van der Waals surface area contributed by atoms with Gasteiger partial charge in [-0.15, -0.1) is 0 Å². The van der Waals surface area contributed by atoms with Crippen molar-refractivity contribution in [1.29, 1.82) is 0 Å². The minimum atomic E-state index is -1.52. The molecule has 3 rings (SSSR count). The summed E-state index contributed by atoms with van der Waals surface area (Å²) in [7, 11) is 1.54. The van der Waals surface area contributed by atoms with Crippen molar-refractivity contribution in [3.63, 3.8) is 0 Å². The van der Waals surface area contributed by atoms with Crippen molar-refractivity contribution in [2.75, 3.05) is 7.11 Å². The van der Waals surface area contributed by atoms with Gasteiger partial charge < -0.3 is 29.7 Å². The molecule has 0 aromatic heterocycles. The van der Waals surface area contributed by atoms with Crippen molar-refractivity contribution < 1.29 is 38.0 Å². The van der Waals surface area contributed by atoms with Crippen LogP contribution in [0.4, 0.5) is 8.78 Å². The lowest BCUT2D eigenvalue weighted by molar-refractivity contribution is -0.200. The summed E-state index contributed by atoms with van der Waals surface area (Å²) in [6, 6.07) is 10.6. The summed E-state index contributed by atoms with van der Waals surface area (Å²) in [6.07, 6.45) is -3.98. The smallest absolute Gasteiger partial charge is 0.252 e. The average Bonchev–Trinajstić information content (AvgIpc) is 2.81. The van der Waals surface area contributed by atoms with E-state index in [4.69, 9.17) is 14.2 Å². The lowest BCUT2D eigenvalue weighted by Crippen LogP contribution is -2.61. The maximum atomic E-state index is 14.1. The number of hydrogen-bond acceptors (Lipinski definition) is 6. The summed E-state index contributed by atoms with van der Waals surface area (Å²) in [5, 5.41) is 24.0. The van der Waals surface area contributed by atoms with E-state index in [9.17, 15) is 23.8 Å². The standard InChI is InChI=1S/C25H31F2NO6/c1-15(2)28-24(31)25(34-13-16-6-4-8-18(10-16)32-3)11-20(29)23(30)21(12-25)33-14-17-7-5-9-19(26)22(17)27/h4-10,15,20-21,23,29-30H,11-14H2,1-3H3,(H,28,31)/t20-,21-,23-,25+/m1/s1. The Morgan fingerprint density at radius 2 is 1.88 bits per heavy atom. The molecule has 9 heteroatoms. The van der Waals surface area contributed by atoms with Gasteiger partial charge in [0.05, 0.1) is 32.5 Å². The van der Waals surface area contributed by atoms with Gasteiger partial charge in [0, 0.05) is 24.4 Å². The summed E-state index contributed by atoms with van der Waals surface area (Å²) in [4.78, 5) is 13.2. The largest absolute Gasteiger partial charge is 0.497 e. The maximum Gasteiger partial charge on any atom is 0.252 e. The van der Waals surface area contributed by atoms with E-state index in [0.29, 0.717) is 5.75 Å². The second kappa shape index (κ2) is 11.2. The molecule has 0 unspecified atom stereocenters. The number of aliphatic hydroxyl groups excluding tert-OH is 2. The fraction of sp³-hybridized carbons (Fsp3) is 0.480. The van der Waals surface area contributed by atoms with E-state index in [-0.39, 0.29) is 37.7 Å². The number of halogens is 2. The second-order valence-electron chi connectivity index (χ2n) is 8.79. The van der Waals surface area contributed by atoms with E-state index in [1.54, 1.807) is 39.2 Å². The Morgan fingerprint density at radius 3 is 2.59 bits per heavy atom. The number of carbonyl (C=O) groups excluding carboxylic acids is 1. The molecule has 1 fully saturated rings. The predicted octanol–water partition coefficient (Wildman–Crippen LogP) is 2.85. The van der Waals surface area contributed by atoms with Crippen LogP contribution in [0.5, 0.6) is 5.75 Å². The van der Waals surface area contributed by atoms with E-state index in [0.717, 1.165) is 11.6 Å². The van der Waals surface area contributed by atoms with Gasteiger partial charge in [0.25, 0.3) is 5.91 Å². The number of ether oxygens (including phenoxy) is 3. The summed E-state index contributed by atoms with van der Waals surface area (Å²) >= 11 is 0. The van der Waals surface area contributed by atoms with Gasteiger partial charge in [-0.25, -0.2) is 8.78 Å². The van der Waals surface area contributed by atoms with E-state index >= 15 is 0 Å². The highest BCUT2D eigenvalue weighted by Gasteiger charge is 2.51. The molecular weight excluding hydrogens is 448 g/mol. The van der Waals surface area contributed by atoms with Crippen LogP contribution >= 0.6 is 0 Å². The third-order valence-corrected chi connectivity index (χ3v) is 5.81. The van der Waals surface area contributed by atoms with Gasteiger partial charge in [0.15, 0.2) is 17.2 Å². The summed E-state index contributed by atoms with van der Waals surface area (Å²) < 4.78 is 44.6. The number of hydrogen-bond donors (Lipinski definition) is 3. The van der Waals surface area contributed by atoms with Crippen molar-refractivity contribution in [2.45, 2.75) is 69.9 Å². The summed E-state index contributed by atoms with van der Waals surface area (Å²) in [5.41, 5.74) is -0.810. The Kier molecular flexibility index (Phi) is 8.59. The fourth-order valence-electron chi connectivity index (χ4n) is 4.00. The minimum absolute atomic E-state index is 0.0385. The van der Waals surface area contributed by atoms with Crippen LogP contribution in [0.2, 0.25) is 0 Å². The molecule has 0 bridgehead atoms.